The van der Waals surface area contributed by atoms with Crippen LogP contribution in [0, 0.1) is 17.7 Å². The minimum absolute atomic E-state index is 0.0166. The van der Waals surface area contributed by atoms with Gasteiger partial charge in [0.05, 0.1) is 5.92 Å². The van der Waals surface area contributed by atoms with Gasteiger partial charge in [-0.3, -0.25) is 19.3 Å². The molecule has 2 aromatic rings. The Morgan fingerprint density at radius 1 is 0.976 bits per heavy atom. The zero-order valence-electron chi connectivity index (χ0n) is 23.8. The molecule has 218 valence electrons. The molecule has 0 radical (unpaired) electrons. The van der Waals surface area contributed by atoms with Gasteiger partial charge in [-0.25, -0.2) is 4.39 Å². The minimum Gasteiger partial charge on any atom is -0.481 e. The number of rotatable bonds is 7. The summed E-state index contributed by atoms with van der Waals surface area (Å²) in [6, 6.07) is 12.1. The zero-order chi connectivity index (χ0) is 29.1. The number of carbonyl (C=O) groups is 3. The van der Waals surface area contributed by atoms with E-state index in [1.54, 1.807) is 0 Å². The number of carbonyl (C=O) groups excluding carboxylic acids is 2. The predicted molar refractivity (Wildman–Crippen MR) is 155 cm³/mol. The average molecular weight is 563 g/mol. The number of carboxylic acid groups (broad SMARTS) is 1. The van der Waals surface area contributed by atoms with E-state index in [2.05, 4.69) is 38.3 Å². The lowest BCUT2D eigenvalue weighted by Crippen LogP contribution is -2.44. The van der Waals surface area contributed by atoms with Crippen molar-refractivity contribution in [2.75, 3.05) is 18.0 Å². The third-order valence-corrected chi connectivity index (χ3v) is 8.56. The summed E-state index contributed by atoms with van der Waals surface area (Å²) in [6.45, 7) is 6.17. The van der Waals surface area contributed by atoms with Gasteiger partial charge in [-0.1, -0.05) is 12.1 Å². The first-order valence-electron chi connectivity index (χ1n) is 14.7. The number of benzene rings is 2. The molecule has 1 aliphatic carbocycles. The molecule has 8 nitrogen and oxygen atoms in total. The molecule has 3 aliphatic rings. The highest BCUT2D eigenvalue weighted by molar-refractivity contribution is 6.12. The number of aliphatic carboxylic acids is 1. The fraction of sp³-hybridized carbons (Fsp3) is 0.500. The summed E-state index contributed by atoms with van der Waals surface area (Å²) in [5, 5.41) is 12.4. The van der Waals surface area contributed by atoms with Crippen LogP contribution in [0.3, 0.4) is 0 Å². The number of anilines is 1. The van der Waals surface area contributed by atoms with Crippen molar-refractivity contribution in [2.45, 2.75) is 77.4 Å². The Morgan fingerprint density at radius 2 is 1.66 bits per heavy atom. The first-order valence-corrected chi connectivity index (χ1v) is 14.7. The Kier molecular flexibility index (Phi) is 8.82. The van der Waals surface area contributed by atoms with E-state index in [-0.39, 0.29) is 29.8 Å². The van der Waals surface area contributed by atoms with Gasteiger partial charge in [0.1, 0.15) is 11.7 Å². The Morgan fingerprint density at radius 3 is 2.29 bits per heavy atom. The SMILES string of the molecule is CC(C)NC(=O)C1CCC(N2C(=NC(=O)c3ccc(F)cc3)Cc3ccc(CN4CCC(C(=O)O)CC4)cc32)CC1. The van der Waals surface area contributed by atoms with Gasteiger partial charge >= 0.3 is 5.97 Å². The monoisotopic (exact) mass is 562 g/mol. The lowest BCUT2D eigenvalue weighted by molar-refractivity contribution is -0.143. The summed E-state index contributed by atoms with van der Waals surface area (Å²) in [5.41, 5.74) is 3.63. The van der Waals surface area contributed by atoms with Gasteiger partial charge in [-0.15, -0.1) is 0 Å². The van der Waals surface area contributed by atoms with Crippen molar-refractivity contribution in [3.05, 3.63) is 65.0 Å². The summed E-state index contributed by atoms with van der Waals surface area (Å²) < 4.78 is 13.4. The van der Waals surface area contributed by atoms with Gasteiger partial charge in [-0.05, 0) is 107 Å². The highest BCUT2D eigenvalue weighted by atomic mass is 19.1. The second-order valence-electron chi connectivity index (χ2n) is 11.9. The molecule has 5 rings (SSSR count). The molecular weight excluding hydrogens is 523 g/mol. The number of halogens is 1. The van der Waals surface area contributed by atoms with E-state index >= 15 is 0 Å². The molecule has 2 N–H and O–H groups in total. The largest absolute Gasteiger partial charge is 0.481 e. The van der Waals surface area contributed by atoms with Crippen LogP contribution in [0.15, 0.2) is 47.5 Å². The number of fused-ring (bicyclic) bond motifs is 1. The summed E-state index contributed by atoms with van der Waals surface area (Å²) in [4.78, 5) is 46.2. The maximum atomic E-state index is 13.4. The molecule has 0 bridgehead atoms. The van der Waals surface area contributed by atoms with Gasteiger partial charge in [0.25, 0.3) is 5.91 Å². The number of nitrogens with one attached hydrogen (secondary N) is 1. The highest BCUT2D eigenvalue weighted by Gasteiger charge is 2.36. The van der Waals surface area contributed by atoms with Crippen molar-refractivity contribution in [1.82, 2.24) is 10.2 Å². The second-order valence-corrected chi connectivity index (χ2v) is 11.9. The Labute approximate surface area is 240 Å². The standard InChI is InChI=1S/C32H39FN4O4/c1-20(2)34-30(38)23-7-11-27(12-8-23)37-28-17-21(19-36-15-13-24(14-16-36)32(40)41)3-4-25(28)18-29(37)35-31(39)22-5-9-26(33)10-6-22/h3-6,9-10,17,20,23-24,27H,7-8,11-16,18-19H2,1-2H3,(H,34,38)(H,40,41). The molecule has 2 amide bonds. The number of piperidine rings is 1. The van der Waals surface area contributed by atoms with E-state index in [0.29, 0.717) is 30.7 Å². The minimum atomic E-state index is -0.712. The van der Waals surface area contributed by atoms with Crippen LogP contribution < -0.4 is 10.2 Å². The van der Waals surface area contributed by atoms with Crippen LogP contribution >= 0.6 is 0 Å². The molecule has 1 saturated heterocycles. The predicted octanol–water partition coefficient (Wildman–Crippen LogP) is 4.81. The molecule has 2 heterocycles. The Bertz CT molecular complexity index is 1310. The van der Waals surface area contributed by atoms with Crippen LogP contribution in [0.2, 0.25) is 0 Å². The number of hydrogen-bond donors (Lipinski definition) is 2. The Balaban J connectivity index is 1.37. The number of carboxylic acids is 1. The van der Waals surface area contributed by atoms with E-state index < -0.39 is 17.7 Å². The number of amides is 2. The van der Waals surface area contributed by atoms with Crippen LogP contribution in [-0.4, -0.2) is 58.8 Å². The topological polar surface area (TPSA) is 102 Å². The maximum Gasteiger partial charge on any atom is 0.306 e. The molecule has 0 unspecified atom stereocenters. The molecule has 0 spiro atoms. The molecule has 2 fully saturated rings. The fourth-order valence-electron chi connectivity index (χ4n) is 6.35. The fourth-order valence-corrected chi connectivity index (χ4v) is 6.35. The van der Waals surface area contributed by atoms with Crippen molar-refractivity contribution in [3.8, 4) is 0 Å². The average Bonchev–Trinajstić information content (AvgIpc) is 3.30. The van der Waals surface area contributed by atoms with Crippen LogP contribution in [-0.2, 0) is 22.6 Å². The number of nitrogens with zero attached hydrogens (tertiary/aromatic N) is 3. The normalized spacial score (nSPS) is 22.6. The van der Waals surface area contributed by atoms with E-state index in [0.717, 1.165) is 62.1 Å². The molecule has 2 aliphatic heterocycles. The van der Waals surface area contributed by atoms with Crippen LogP contribution in [0.25, 0.3) is 0 Å². The van der Waals surface area contributed by atoms with E-state index in [1.165, 1.54) is 24.3 Å². The lowest BCUT2D eigenvalue weighted by atomic mass is 9.84. The number of aliphatic imine (C=N–C) groups is 1. The lowest BCUT2D eigenvalue weighted by Gasteiger charge is -2.36. The summed E-state index contributed by atoms with van der Waals surface area (Å²) in [7, 11) is 0. The van der Waals surface area contributed by atoms with E-state index in [9.17, 15) is 23.9 Å². The highest BCUT2D eigenvalue weighted by Crippen LogP contribution is 2.38. The number of amidine groups is 1. The van der Waals surface area contributed by atoms with Crippen LogP contribution in [0.4, 0.5) is 10.1 Å². The smallest absolute Gasteiger partial charge is 0.306 e. The molecular formula is C32H39FN4O4. The van der Waals surface area contributed by atoms with Crippen molar-refractivity contribution >= 4 is 29.3 Å². The molecule has 41 heavy (non-hydrogen) atoms. The van der Waals surface area contributed by atoms with Crippen molar-refractivity contribution in [1.29, 1.82) is 0 Å². The van der Waals surface area contributed by atoms with Crippen LogP contribution in [0.5, 0.6) is 0 Å². The summed E-state index contributed by atoms with van der Waals surface area (Å²) in [5.74, 6) is -1.00. The van der Waals surface area contributed by atoms with Gasteiger partial charge in [0.2, 0.25) is 5.91 Å². The number of likely N-dealkylation sites (tertiary alicyclic amines) is 1. The van der Waals surface area contributed by atoms with Gasteiger partial charge in [0, 0.05) is 42.2 Å². The van der Waals surface area contributed by atoms with E-state index in [1.807, 2.05) is 13.8 Å². The first kappa shape index (κ1) is 28.9. The van der Waals surface area contributed by atoms with Gasteiger partial charge in [0.15, 0.2) is 0 Å². The summed E-state index contributed by atoms with van der Waals surface area (Å²) >= 11 is 0. The second kappa shape index (κ2) is 12.5. The molecule has 0 aromatic heterocycles. The third kappa shape index (κ3) is 6.84. The van der Waals surface area contributed by atoms with Crippen LogP contribution in [0.1, 0.15) is 73.9 Å². The third-order valence-electron chi connectivity index (χ3n) is 8.56. The van der Waals surface area contributed by atoms with Crippen molar-refractivity contribution < 1.29 is 23.9 Å². The van der Waals surface area contributed by atoms with Gasteiger partial charge < -0.3 is 15.3 Å². The zero-order valence-corrected chi connectivity index (χ0v) is 23.8. The molecule has 1 saturated carbocycles. The quantitative estimate of drug-likeness (QED) is 0.502. The molecule has 9 heteroatoms. The van der Waals surface area contributed by atoms with Crippen molar-refractivity contribution in [2.24, 2.45) is 16.8 Å². The molecule has 2 aromatic carbocycles. The maximum absolute atomic E-state index is 13.4. The summed E-state index contributed by atoms with van der Waals surface area (Å²) in [6.07, 6.45) is 5.00. The molecule has 0 atom stereocenters. The Hall–Kier alpha value is -3.59. The first-order chi connectivity index (χ1) is 19.7. The van der Waals surface area contributed by atoms with Gasteiger partial charge in [-0.2, -0.15) is 4.99 Å². The number of hydrogen-bond acceptors (Lipinski definition) is 4. The van der Waals surface area contributed by atoms with Crippen molar-refractivity contribution in [3.63, 3.8) is 0 Å². The van der Waals surface area contributed by atoms with E-state index in [4.69, 9.17) is 0 Å².